The van der Waals surface area contributed by atoms with E-state index in [1.807, 2.05) is 18.2 Å². The largest absolute Gasteiger partial charge is 0.496 e. The molecule has 0 aliphatic carbocycles. The summed E-state index contributed by atoms with van der Waals surface area (Å²) < 4.78 is 10.5. The molecule has 0 unspecified atom stereocenters. The Morgan fingerprint density at radius 2 is 1.50 bits per heavy atom. The second-order valence-corrected chi connectivity index (χ2v) is 3.88. The second-order valence-electron chi connectivity index (χ2n) is 3.88. The number of fused-ring (bicyclic) bond motifs is 1. The van der Waals surface area contributed by atoms with Gasteiger partial charge in [-0.05, 0) is 6.07 Å². The van der Waals surface area contributed by atoms with Gasteiger partial charge in [-0.3, -0.25) is 0 Å². The van der Waals surface area contributed by atoms with Crippen LogP contribution < -0.4 is 9.47 Å². The molecule has 5 nitrogen and oxygen atoms in total. The Balaban J connectivity index is 3.18. The zero-order valence-corrected chi connectivity index (χ0v) is 10.9. The normalized spacial score (nSPS) is 9.35. The number of ether oxygens (including phenoxy) is 2. The summed E-state index contributed by atoms with van der Waals surface area (Å²) in [6.45, 7) is 0. The Labute approximate surface area is 115 Å². The number of hydrogen-bond donors (Lipinski definition) is 0. The van der Waals surface area contributed by atoms with E-state index in [0.29, 0.717) is 16.5 Å². The summed E-state index contributed by atoms with van der Waals surface area (Å²) in [4.78, 5) is 0. The zero-order chi connectivity index (χ0) is 14.7. The third-order valence-electron chi connectivity index (χ3n) is 3.01. The Morgan fingerprint density at radius 3 is 2.00 bits per heavy atom. The minimum atomic E-state index is 0.0209. The number of methoxy groups -OCH3 is 2. The lowest BCUT2D eigenvalue weighted by Gasteiger charge is -2.14. The van der Waals surface area contributed by atoms with E-state index < -0.39 is 0 Å². The summed E-state index contributed by atoms with van der Waals surface area (Å²) in [5, 5.41) is 28.8. The molecular weight excluding hydrogens is 254 g/mol. The fourth-order valence-electron chi connectivity index (χ4n) is 2.18. The molecule has 2 aromatic carbocycles. The third kappa shape index (κ3) is 1.68. The molecule has 0 atom stereocenters. The summed E-state index contributed by atoms with van der Waals surface area (Å²) in [5.41, 5.74) is 0.218. The topological polar surface area (TPSA) is 89.8 Å². The van der Waals surface area contributed by atoms with E-state index in [2.05, 4.69) is 0 Å². The fourth-order valence-corrected chi connectivity index (χ4v) is 2.18. The van der Waals surface area contributed by atoms with Gasteiger partial charge in [-0.25, -0.2) is 0 Å². The van der Waals surface area contributed by atoms with E-state index in [4.69, 9.17) is 9.47 Å². The second kappa shape index (κ2) is 5.18. The minimum absolute atomic E-state index is 0.0209. The monoisotopic (exact) mass is 263 g/mol. The van der Waals surface area contributed by atoms with Gasteiger partial charge in [0.15, 0.2) is 0 Å². The van der Waals surface area contributed by atoms with E-state index in [9.17, 15) is 15.8 Å². The molecule has 0 aromatic heterocycles. The molecule has 20 heavy (non-hydrogen) atoms. The van der Waals surface area contributed by atoms with E-state index >= 15 is 0 Å². The van der Waals surface area contributed by atoms with Crippen LogP contribution in [0.5, 0.6) is 11.5 Å². The van der Waals surface area contributed by atoms with Gasteiger partial charge in [0, 0.05) is 5.39 Å². The summed E-state index contributed by atoms with van der Waals surface area (Å²) in [6.07, 6.45) is 0. The SMILES string of the molecule is COc1cccc2c(C#N)c(C#N)c(C#N)c(OC)c12. The molecule has 0 fully saturated rings. The highest BCUT2D eigenvalue weighted by Crippen LogP contribution is 2.40. The zero-order valence-electron chi connectivity index (χ0n) is 10.9. The van der Waals surface area contributed by atoms with Crippen LogP contribution in [0.25, 0.3) is 10.8 Å². The fraction of sp³-hybridized carbons (Fsp3) is 0.133. The van der Waals surface area contributed by atoms with Crippen molar-refractivity contribution >= 4 is 10.8 Å². The van der Waals surface area contributed by atoms with Gasteiger partial charge in [-0.15, -0.1) is 0 Å². The predicted octanol–water partition coefficient (Wildman–Crippen LogP) is 2.47. The van der Waals surface area contributed by atoms with Crippen molar-refractivity contribution in [3.8, 4) is 29.7 Å². The van der Waals surface area contributed by atoms with Crippen LogP contribution in [0.1, 0.15) is 16.7 Å². The van der Waals surface area contributed by atoms with Crippen LogP contribution in [-0.4, -0.2) is 14.2 Å². The van der Waals surface area contributed by atoms with Gasteiger partial charge in [0.05, 0.1) is 30.7 Å². The molecule has 0 saturated heterocycles. The van der Waals surface area contributed by atoms with Gasteiger partial charge in [0.1, 0.15) is 35.3 Å². The first kappa shape index (κ1) is 13.2. The molecule has 0 spiro atoms. The minimum Gasteiger partial charge on any atom is -0.496 e. The Bertz CT molecular complexity index is 820. The third-order valence-corrected chi connectivity index (χ3v) is 3.01. The molecule has 0 aliphatic rings. The number of benzene rings is 2. The number of hydrogen-bond acceptors (Lipinski definition) is 5. The van der Waals surface area contributed by atoms with Crippen LogP contribution in [0.2, 0.25) is 0 Å². The molecule has 2 aromatic rings. The molecule has 0 amide bonds. The Hall–Kier alpha value is -3.23. The molecule has 0 bridgehead atoms. The van der Waals surface area contributed by atoms with Crippen molar-refractivity contribution in [2.75, 3.05) is 14.2 Å². The molecule has 0 heterocycles. The summed E-state index contributed by atoms with van der Waals surface area (Å²) in [6, 6.07) is 10.9. The molecule has 0 radical (unpaired) electrons. The maximum atomic E-state index is 9.30. The highest BCUT2D eigenvalue weighted by atomic mass is 16.5. The van der Waals surface area contributed by atoms with Crippen LogP contribution in [0.15, 0.2) is 18.2 Å². The van der Waals surface area contributed by atoms with Crippen molar-refractivity contribution < 1.29 is 9.47 Å². The molecule has 0 aliphatic heterocycles. The standard InChI is InChI=1S/C15H9N3O2/c1-19-13-5-3-4-9-10(6-16)11(7-17)12(8-18)15(20-2)14(9)13/h3-5H,1-2H3. The van der Waals surface area contributed by atoms with Crippen LogP contribution in [0.3, 0.4) is 0 Å². The van der Waals surface area contributed by atoms with Crippen LogP contribution in [0.4, 0.5) is 0 Å². The predicted molar refractivity (Wildman–Crippen MR) is 71.2 cm³/mol. The van der Waals surface area contributed by atoms with Gasteiger partial charge in [0.25, 0.3) is 0 Å². The van der Waals surface area contributed by atoms with Gasteiger partial charge in [0.2, 0.25) is 0 Å². The van der Waals surface area contributed by atoms with E-state index in [1.54, 1.807) is 18.2 Å². The molecule has 0 saturated carbocycles. The lowest BCUT2D eigenvalue weighted by Crippen LogP contribution is -1.99. The highest BCUT2D eigenvalue weighted by Gasteiger charge is 2.22. The Kier molecular flexibility index (Phi) is 3.42. The highest BCUT2D eigenvalue weighted by molar-refractivity contribution is 6.01. The first-order chi connectivity index (χ1) is 9.73. The van der Waals surface area contributed by atoms with Crippen molar-refractivity contribution in [2.24, 2.45) is 0 Å². The first-order valence-electron chi connectivity index (χ1n) is 5.64. The van der Waals surface area contributed by atoms with Crippen molar-refractivity contribution in [3.63, 3.8) is 0 Å². The van der Waals surface area contributed by atoms with Gasteiger partial charge < -0.3 is 9.47 Å². The lowest BCUT2D eigenvalue weighted by atomic mass is 9.94. The molecule has 96 valence electrons. The maximum Gasteiger partial charge on any atom is 0.149 e. The number of nitriles is 3. The van der Waals surface area contributed by atoms with Crippen LogP contribution in [-0.2, 0) is 0 Å². The average molecular weight is 263 g/mol. The van der Waals surface area contributed by atoms with Gasteiger partial charge in [-0.2, -0.15) is 15.8 Å². The quantitative estimate of drug-likeness (QED) is 0.830. The molecule has 0 N–H and O–H groups in total. The molecular formula is C15H9N3O2. The van der Waals surface area contributed by atoms with E-state index in [-0.39, 0.29) is 22.4 Å². The van der Waals surface area contributed by atoms with E-state index in [1.165, 1.54) is 14.2 Å². The lowest BCUT2D eigenvalue weighted by molar-refractivity contribution is 0.404. The van der Waals surface area contributed by atoms with Crippen molar-refractivity contribution in [2.45, 2.75) is 0 Å². The van der Waals surface area contributed by atoms with E-state index in [0.717, 1.165) is 0 Å². The average Bonchev–Trinajstić information content (AvgIpc) is 2.51. The smallest absolute Gasteiger partial charge is 0.149 e. The van der Waals surface area contributed by atoms with Crippen molar-refractivity contribution in [1.82, 2.24) is 0 Å². The van der Waals surface area contributed by atoms with Gasteiger partial charge in [-0.1, -0.05) is 12.1 Å². The molecule has 5 heteroatoms. The number of rotatable bonds is 2. The maximum absolute atomic E-state index is 9.30. The summed E-state index contributed by atoms with van der Waals surface area (Å²) in [7, 11) is 2.90. The summed E-state index contributed by atoms with van der Waals surface area (Å²) in [5.74, 6) is 0.729. The Morgan fingerprint density at radius 1 is 0.850 bits per heavy atom. The first-order valence-corrected chi connectivity index (χ1v) is 5.64. The van der Waals surface area contributed by atoms with Crippen molar-refractivity contribution in [3.05, 3.63) is 34.9 Å². The van der Waals surface area contributed by atoms with Gasteiger partial charge >= 0.3 is 0 Å². The van der Waals surface area contributed by atoms with Crippen LogP contribution in [0, 0.1) is 34.0 Å². The summed E-state index contributed by atoms with van der Waals surface area (Å²) >= 11 is 0. The number of nitrogens with zero attached hydrogens (tertiary/aromatic N) is 3. The molecule has 2 rings (SSSR count). The van der Waals surface area contributed by atoms with Crippen LogP contribution >= 0.6 is 0 Å². The van der Waals surface area contributed by atoms with Crippen molar-refractivity contribution in [1.29, 1.82) is 15.8 Å².